The first-order valence-corrected chi connectivity index (χ1v) is 6.69. The molecule has 1 rings (SSSR count). The molecule has 1 aliphatic rings. The van der Waals surface area contributed by atoms with Gasteiger partial charge < -0.3 is 10.6 Å². The minimum atomic E-state index is 0.261. The minimum absolute atomic E-state index is 0.261. The lowest BCUT2D eigenvalue weighted by molar-refractivity contribution is 0.167. The maximum atomic E-state index is 5.75. The molecule has 0 saturated carbocycles. The summed E-state index contributed by atoms with van der Waals surface area (Å²) in [5, 5.41) is 0. The topological polar surface area (TPSA) is 29.3 Å². The van der Waals surface area contributed by atoms with Gasteiger partial charge in [0.05, 0.1) is 0 Å². The standard InChI is InChI=1S/C11H24N2S/c1-11(2,8-12)9-13(3)10-5-4-6-14-7-10/h10H,4-9,12H2,1-3H3. The average Bonchev–Trinajstić information content (AvgIpc) is 2.19. The Morgan fingerprint density at radius 1 is 1.50 bits per heavy atom. The molecule has 1 heterocycles. The van der Waals surface area contributed by atoms with E-state index in [1.807, 2.05) is 0 Å². The zero-order valence-corrected chi connectivity index (χ0v) is 10.6. The van der Waals surface area contributed by atoms with Crippen LogP contribution in [0.2, 0.25) is 0 Å². The van der Waals surface area contributed by atoms with E-state index in [0.717, 1.165) is 19.1 Å². The van der Waals surface area contributed by atoms with E-state index in [1.54, 1.807) is 0 Å². The number of rotatable bonds is 4. The Balaban J connectivity index is 2.36. The summed E-state index contributed by atoms with van der Waals surface area (Å²) in [5.74, 6) is 2.65. The van der Waals surface area contributed by atoms with Crippen molar-refractivity contribution in [3.63, 3.8) is 0 Å². The van der Waals surface area contributed by atoms with Gasteiger partial charge in [-0.1, -0.05) is 13.8 Å². The predicted octanol–water partition coefficient (Wildman–Crippen LogP) is 1.80. The fourth-order valence-corrected chi connectivity index (χ4v) is 3.17. The van der Waals surface area contributed by atoms with Crippen LogP contribution in [0.15, 0.2) is 0 Å². The molecule has 0 radical (unpaired) electrons. The van der Waals surface area contributed by atoms with Crippen LogP contribution >= 0.6 is 11.8 Å². The van der Waals surface area contributed by atoms with Gasteiger partial charge in [-0.15, -0.1) is 0 Å². The molecule has 0 aromatic heterocycles. The molecule has 14 heavy (non-hydrogen) atoms. The van der Waals surface area contributed by atoms with E-state index in [0.29, 0.717) is 0 Å². The first-order valence-electron chi connectivity index (χ1n) is 5.53. The fourth-order valence-electron chi connectivity index (χ4n) is 1.94. The molecule has 1 atom stereocenters. The van der Waals surface area contributed by atoms with Crippen molar-refractivity contribution in [2.45, 2.75) is 32.7 Å². The van der Waals surface area contributed by atoms with Crippen LogP contribution in [-0.4, -0.2) is 42.6 Å². The van der Waals surface area contributed by atoms with Crippen molar-refractivity contribution in [3.05, 3.63) is 0 Å². The molecule has 0 spiro atoms. The molecule has 1 aliphatic heterocycles. The third-order valence-electron chi connectivity index (χ3n) is 2.99. The van der Waals surface area contributed by atoms with Gasteiger partial charge in [-0.05, 0) is 37.6 Å². The lowest BCUT2D eigenvalue weighted by Gasteiger charge is -2.36. The summed E-state index contributed by atoms with van der Waals surface area (Å²) in [6.07, 6.45) is 2.74. The minimum Gasteiger partial charge on any atom is -0.330 e. The van der Waals surface area contributed by atoms with Crippen LogP contribution in [-0.2, 0) is 0 Å². The molecule has 0 aromatic rings. The van der Waals surface area contributed by atoms with Crippen LogP contribution in [0, 0.1) is 5.41 Å². The van der Waals surface area contributed by atoms with Crippen LogP contribution in [0.5, 0.6) is 0 Å². The molecule has 2 nitrogen and oxygen atoms in total. The number of hydrogen-bond acceptors (Lipinski definition) is 3. The molecule has 1 fully saturated rings. The molecule has 0 amide bonds. The Hall–Kier alpha value is 0.270. The summed E-state index contributed by atoms with van der Waals surface area (Å²) >= 11 is 2.09. The van der Waals surface area contributed by atoms with Crippen molar-refractivity contribution in [1.29, 1.82) is 0 Å². The van der Waals surface area contributed by atoms with E-state index in [-0.39, 0.29) is 5.41 Å². The highest BCUT2D eigenvalue weighted by atomic mass is 32.2. The van der Waals surface area contributed by atoms with Gasteiger partial charge in [0.25, 0.3) is 0 Å². The smallest absolute Gasteiger partial charge is 0.0183 e. The predicted molar refractivity (Wildman–Crippen MR) is 65.8 cm³/mol. The van der Waals surface area contributed by atoms with Gasteiger partial charge in [0.15, 0.2) is 0 Å². The van der Waals surface area contributed by atoms with E-state index in [1.165, 1.54) is 24.3 Å². The molecule has 0 aromatic carbocycles. The van der Waals surface area contributed by atoms with Crippen LogP contribution in [0.1, 0.15) is 26.7 Å². The van der Waals surface area contributed by atoms with Crippen molar-refractivity contribution in [1.82, 2.24) is 4.90 Å². The van der Waals surface area contributed by atoms with Crippen LogP contribution in [0.3, 0.4) is 0 Å². The highest BCUT2D eigenvalue weighted by molar-refractivity contribution is 7.99. The molecule has 1 saturated heterocycles. The van der Waals surface area contributed by atoms with Gasteiger partial charge in [-0.2, -0.15) is 11.8 Å². The molecular formula is C11H24N2S. The first kappa shape index (κ1) is 12.3. The third-order valence-corrected chi connectivity index (χ3v) is 4.19. The van der Waals surface area contributed by atoms with E-state index >= 15 is 0 Å². The van der Waals surface area contributed by atoms with Crippen LogP contribution < -0.4 is 5.73 Å². The van der Waals surface area contributed by atoms with Crippen molar-refractivity contribution >= 4 is 11.8 Å². The molecule has 3 heteroatoms. The summed E-state index contributed by atoms with van der Waals surface area (Å²) in [6.45, 7) is 6.39. The van der Waals surface area contributed by atoms with Crippen molar-refractivity contribution in [2.75, 3.05) is 31.6 Å². The second-order valence-corrected chi connectivity index (χ2v) is 6.30. The number of hydrogen-bond donors (Lipinski definition) is 1. The Morgan fingerprint density at radius 2 is 2.21 bits per heavy atom. The van der Waals surface area contributed by atoms with Crippen LogP contribution in [0.25, 0.3) is 0 Å². The zero-order chi connectivity index (χ0) is 10.6. The van der Waals surface area contributed by atoms with E-state index < -0.39 is 0 Å². The number of thioether (sulfide) groups is 1. The number of nitrogens with two attached hydrogens (primary N) is 1. The van der Waals surface area contributed by atoms with E-state index in [4.69, 9.17) is 5.73 Å². The summed E-state index contributed by atoms with van der Waals surface area (Å²) in [7, 11) is 2.24. The summed E-state index contributed by atoms with van der Waals surface area (Å²) in [6, 6.07) is 0.777. The molecule has 0 aliphatic carbocycles. The van der Waals surface area contributed by atoms with Gasteiger partial charge in [0.2, 0.25) is 0 Å². The molecule has 2 N–H and O–H groups in total. The number of nitrogens with zero attached hydrogens (tertiary/aromatic N) is 1. The largest absolute Gasteiger partial charge is 0.330 e. The summed E-state index contributed by atoms with van der Waals surface area (Å²) in [4.78, 5) is 2.50. The Morgan fingerprint density at radius 3 is 2.71 bits per heavy atom. The monoisotopic (exact) mass is 216 g/mol. The Bertz CT molecular complexity index is 165. The van der Waals surface area contributed by atoms with Crippen molar-refractivity contribution in [2.24, 2.45) is 11.1 Å². The second-order valence-electron chi connectivity index (χ2n) is 5.15. The molecule has 1 unspecified atom stereocenters. The van der Waals surface area contributed by atoms with Gasteiger partial charge in [0, 0.05) is 18.3 Å². The molecular weight excluding hydrogens is 192 g/mol. The normalized spacial score (nSPS) is 24.2. The van der Waals surface area contributed by atoms with Gasteiger partial charge in [-0.3, -0.25) is 0 Å². The quantitative estimate of drug-likeness (QED) is 0.777. The van der Waals surface area contributed by atoms with Gasteiger partial charge in [-0.25, -0.2) is 0 Å². The maximum absolute atomic E-state index is 5.75. The van der Waals surface area contributed by atoms with E-state index in [9.17, 15) is 0 Å². The van der Waals surface area contributed by atoms with Crippen molar-refractivity contribution < 1.29 is 0 Å². The second kappa shape index (κ2) is 5.38. The molecule has 0 bridgehead atoms. The third kappa shape index (κ3) is 3.79. The Labute approximate surface area is 92.6 Å². The molecule has 84 valence electrons. The highest BCUT2D eigenvalue weighted by Gasteiger charge is 2.24. The van der Waals surface area contributed by atoms with Crippen LogP contribution in [0.4, 0.5) is 0 Å². The Kier molecular flexibility index (Phi) is 4.74. The summed E-state index contributed by atoms with van der Waals surface area (Å²) < 4.78 is 0. The van der Waals surface area contributed by atoms with Gasteiger partial charge >= 0.3 is 0 Å². The first-order chi connectivity index (χ1) is 6.55. The average molecular weight is 216 g/mol. The van der Waals surface area contributed by atoms with Gasteiger partial charge in [0.1, 0.15) is 0 Å². The SMILES string of the molecule is CN(CC(C)(C)CN)C1CCCSC1. The summed E-state index contributed by atoms with van der Waals surface area (Å²) in [5.41, 5.74) is 6.01. The lowest BCUT2D eigenvalue weighted by atomic mass is 9.92. The highest BCUT2D eigenvalue weighted by Crippen LogP contribution is 2.23. The fraction of sp³-hybridized carbons (Fsp3) is 1.00. The maximum Gasteiger partial charge on any atom is 0.0183 e. The zero-order valence-electron chi connectivity index (χ0n) is 9.75. The lowest BCUT2D eigenvalue weighted by Crippen LogP contribution is -2.43. The van der Waals surface area contributed by atoms with Crippen molar-refractivity contribution in [3.8, 4) is 0 Å². The van der Waals surface area contributed by atoms with E-state index in [2.05, 4.69) is 37.6 Å².